The van der Waals surface area contributed by atoms with Crippen LogP contribution < -0.4 is 10.5 Å². The van der Waals surface area contributed by atoms with E-state index in [1.165, 1.54) is 0 Å². The van der Waals surface area contributed by atoms with Crippen LogP contribution in [-0.2, 0) is 10.0 Å². The van der Waals surface area contributed by atoms with Gasteiger partial charge in [0, 0.05) is 18.7 Å². The van der Waals surface area contributed by atoms with Crippen molar-refractivity contribution in [2.75, 3.05) is 6.54 Å². The zero-order valence-corrected chi connectivity index (χ0v) is 12.3. The van der Waals surface area contributed by atoms with Crippen LogP contribution in [0.15, 0.2) is 21.5 Å². The summed E-state index contributed by atoms with van der Waals surface area (Å²) >= 11 is 2.84. The van der Waals surface area contributed by atoms with Gasteiger partial charge in [0.2, 0.25) is 10.0 Å². The summed E-state index contributed by atoms with van der Waals surface area (Å²) in [4.78, 5) is -0.583. The molecule has 1 aromatic rings. The number of halogens is 3. The summed E-state index contributed by atoms with van der Waals surface area (Å²) in [6.07, 6.45) is 1.81. The van der Waals surface area contributed by atoms with E-state index in [4.69, 9.17) is 5.73 Å². The molecule has 0 aromatic heterocycles. The SMILES string of the molecule is NCC(NS(=O)(=O)c1cc(Br)c(F)cc1F)C1CC1. The molecule has 0 bridgehead atoms. The molecule has 1 fully saturated rings. The molecule has 2 rings (SSSR count). The fourth-order valence-electron chi connectivity index (χ4n) is 1.81. The van der Waals surface area contributed by atoms with Crippen LogP contribution in [-0.4, -0.2) is 21.0 Å². The van der Waals surface area contributed by atoms with Gasteiger partial charge in [-0.25, -0.2) is 21.9 Å². The van der Waals surface area contributed by atoms with E-state index < -0.39 is 32.6 Å². The fourth-order valence-corrected chi connectivity index (χ4v) is 3.71. The van der Waals surface area contributed by atoms with Crippen molar-refractivity contribution >= 4 is 26.0 Å². The Hall–Kier alpha value is -0.570. The molecule has 106 valence electrons. The monoisotopic (exact) mass is 354 g/mol. The van der Waals surface area contributed by atoms with Crippen LogP contribution in [0.2, 0.25) is 0 Å². The Bertz CT molecular complexity index is 591. The van der Waals surface area contributed by atoms with Crippen molar-refractivity contribution < 1.29 is 17.2 Å². The molecule has 0 aliphatic heterocycles. The van der Waals surface area contributed by atoms with Crippen LogP contribution in [0, 0.1) is 17.6 Å². The summed E-state index contributed by atoms with van der Waals surface area (Å²) in [5.41, 5.74) is 5.50. The number of hydrogen-bond acceptors (Lipinski definition) is 3. The van der Waals surface area contributed by atoms with E-state index in [1.54, 1.807) is 0 Å². The quantitative estimate of drug-likeness (QED) is 0.791. The molecule has 4 nitrogen and oxygen atoms in total. The topological polar surface area (TPSA) is 72.2 Å². The normalized spacial score (nSPS) is 17.5. The number of benzene rings is 1. The van der Waals surface area contributed by atoms with Gasteiger partial charge in [0.1, 0.15) is 16.5 Å². The van der Waals surface area contributed by atoms with Crippen molar-refractivity contribution in [3.63, 3.8) is 0 Å². The van der Waals surface area contributed by atoms with Crippen LogP contribution >= 0.6 is 15.9 Å². The van der Waals surface area contributed by atoms with Crippen molar-refractivity contribution in [2.45, 2.75) is 23.8 Å². The number of hydrogen-bond donors (Lipinski definition) is 2. The molecule has 0 heterocycles. The van der Waals surface area contributed by atoms with Gasteiger partial charge >= 0.3 is 0 Å². The summed E-state index contributed by atoms with van der Waals surface area (Å²) < 4.78 is 53.1. The van der Waals surface area contributed by atoms with E-state index in [9.17, 15) is 17.2 Å². The Balaban J connectivity index is 2.31. The minimum atomic E-state index is -4.05. The predicted octanol–water partition coefficient (Wildman–Crippen LogP) is 1.74. The highest BCUT2D eigenvalue weighted by molar-refractivity contribution is 9.10. The van der Waals surface area contributed by atoms with E-state index in [2.05, 4.69) is 20.7 Å². The van der Waals surface area contributed by atoms with Gasteiger partial charge in [-0.2, -0.15) is 0 Å². The standard InChI is InChI=1S/C11H13BrF2N2O2S/c12-7-3-11(9(14)4-8(7)13)19(17,18)16-10(5-15)6-1-2-6/h3-4,6,10,16H,1-2,5,15H2. The second kappa shape index (κ2) is 5.43. The summed E-state index contributed by atoms with van der Waals surface area (Å²) in [6, 6.07) is 1.04. The van der Waals surface area contributed by atoms with Gasteiger partial charge in [-0.05, 0) is 40.8 Å². The molecule has 0 amide bonds. The van der Waals surface area contributed by atoms with E-state index in [0.29, 0.717) is 6.07 Å². The summed E-state index contributed by atoms with van der Waals surface area (Å²) in [5.74, 6) is -1.78. The molecular formula is C11H13BrF2N2O2S. The smallest absolute Gasteiger partial charge is 0.243 e. The van der Waals surface area contributed by atoms with Gasteiger partial charge in [0.25, 0.3) is 0 Å². The van der Waals surface area contributed by atoms with Crippen molar-refractivity contribution in [1.29, 1.82) is 0 Å². The lowest BCUT2D eigenvalue weighted by atomic mass is 10.2. The maximum absolute atomic E-state index is 13.6. The van der Waals surface area contributed by atoms with Crippen LogP contribution in [0.5, 0.6) is 0 Å². The molecule has 1 aliphatic rings. The molecule has 3 N–H and O–H groups in total. The summed E-state index contributed by atoms with van der Waals surface area (Å²) in [5, 5.41) is 0. The Morgan fingerprint density at radius 3 is 2.53 bits per heavy atom. The first-order chi connectivity index (χ1) is 8.85. The van der Waals surface area contributed by atoms with E-state index in [0.717, 1.165) is 18.9 Å². The average molecular weight is 355 g/mol. The van der Waals surface area contributed by atoms with Gasteiger partial charge in [-0.15, -0.1) is 0 Å². The molecule has 1 atom stereocenters. The highest BCUT2D eigenvalue weighted by atomic mass is 79.9. The van der Waals surface area contributed by atoms with Crippen molar-refractivity contribution in [1.82, 2.24) is 4.72 Å². The van der Waals surface area contributed by atoms with E-state index >= 15 is 0 Å². The summed E-state index contributed by atoms with van der Waals surface area (Å²) in [6.45, 7) is 0.147. The minimum absolute atomic E-state index is 0.106. The maximum atomic E-state index is 13.6. The second-order valence-corrected chi connectivity index (χ2v) is 7.03. The van der Waals surface area contributed by atoms with E-state index in [1.807, 2.05) is 0 Å². The third-order valence-corrected chi connectivity index (χ3v) is 5.13. The lowest BCUT2D eigenvalue weighted by Gasteiger charge is -2.16. The molecular weight excluding hydrogens is 342 g/mol. The zero-order valence-electron chi connectivity index (χ0n) is 9.87. The van der Waals surface area contributed by atoms with Crippen LogP contribution in [0.25, 0.3) is 0 Å². The van der Waals surface area contributed by atoms with Gasteiger partial charge in [0.05, 0.1) is 4.47 Å². The van der Waals surface area contributed by atoms with Gasteiger partial charge in [-0.3, -0.25) is 0 Å². The van der Waals surface area contributed by atoms with Gasteiger partial charge in [0.15, 0.2) is 0 Å². The van der Waals surface area contributed by atoms with Crippen LogP contribution in [0.1, 0.15) is 12.8 Å². The molecule has 19 heavy (non-hydrogen) atoms. The Morgan fingerprint density at radius 1 is 1.37 bits per heavy atom. The highest BCUT2D eigenvalue weighted by Crippen LogP contribution is 2.33. The molecule has 0 radical (unpaired) electrons. The number of rotatable bonds is 5. The molecule has 1 unspecified atom stereocenters. The first-order valence-electron chi connectivity index (χ1n) is 5.72. The molecule has 8 heteroatoms. The lowest BCUT2D eigenvalue weighted by molar-refractivity contribution is 0.508. The van der Waals surface area contributed by atoms with Crippen molar-refractivity contribution in [3.8, 4) is 0 Å². The maximum Gasteiger partial charge on any atom is 0.243 e. The van der Waals surface area contributed by atoms with Crippen LogP contribution in [0.4, 0.5) is 8.78 Å². The average Bonchev–Trinajstić information content (AvgIpc) is 3.14. The lowest BCUT2D eigenvalue weighted by Crippen LogP contribution is -2.41. The van der Waals surface area contributed by atoms with Gasteiger partial charge < -0.3 is 5.73 Å². The van der Waals surface area contributed by atoms with Crippen molar-refractivity contribution in [2.24, 2.45) is 11.7 Å². The Morgan fingerprint density at radius 2 is 2.00 bits per heavy atom. The predicted molar refractivity (Wildman–Crippen MR) is 69.9 cm³/mol. The molecule has 0 spiro atoms. The first kappa shape index (κ1) is 14.8. The molecule has 0 saturated heterocycles. The Kier molecular flexibility index (Phi) is 4.24. The number of nitrogens with one attached hydrogen (secondary N) is 1. The van der Waals surface area contributed by atoms with Crippen molar-refractivity contribution in [3.05, 3.63) is 28.2 Å². The van der Waals surface area contributed by atoms with E-state index in [-0.39, 0.29) is 16.9 Å². The zero-order chi connectivity index (χ0) is 14.2. The molecule has 1 saturated carbocycles. The number of nitrogens with two attached hydrogens (primary N) is 1. The molecule has 1 aliphatic carbocycles. The third kappa shape index (κ3) is 3.31. The fraction of sp³-hybridized carbons (Fsp3) is 0.455. The number of sulfonamides is 1. The first-order valence-corrected chi connectivity index (χ1v) is 7.99. The van der Waals surface area contributed by atoms with Gasteiger partial charge in [-0.1, -0.05) is 0 Å². The van der Waals surface area contributed by atoms with Crippen LogP contribution in [0.3, 0.4) is 0 Å². The highest BCUT2D eigenvalue weighted by Gasteiger charge is 2.34. The minimum Gasteiger partial charge on any atom is -0.329 e. The third-order valence-electron chi connectivity index (χ3n) is 3.02. The second-order valence-electron chi connectivity index (χ2n) is 4.50. The molecule has 1 aromatic carbocycles. The largest absolute Gasteiger partial charge is 0.329 e. The Labute approximate surface area is 118 Å². The summed E-state index contributed by atoms with van der Waals surface area (Å²) in [7, 11) is -4.05.